The number of nitrogens with zero attached hydrogens (tertiary/aromatic N) is 1. The van der Waals surface area contributed by atoms with Gasteiger partial charge in [-0.1, -0.05) is 12.8 Å². The van der Waals surface area contributed by atoms with Gasteiger partial charge in [-0.25, -0.2) is 0 Å². The van der Waals surface area contributed by atoms with Gasteiger partial charge in [0.1, 0.15) is 0 Å². The molecule has 86 valence electrons. The molecule has 1 unspecified atom stereocenters. The molecular formula is C12H22N2O. The SMILES string of the molecule is O=C(CN1CCCCCC1)C1CCNC1. The van der Waals surface area contributed by atoms with Crippen LogP contribution >= 0.6 is 0 Å². The quantitative estimate of drug-likeness (QED) is 0.755. The number of carbonyl (C=O) groups is 1. The molecule has 0 aromatic carbocycles. The minimum Gasteiger partial charge on any atom is -0.316 e. The highest BCUT2D eigenvalue weighted by Gasteiger charge is 2.24. The first-order chi connectivity index (χ1) is 7.36. The van der Waals surface area contributed by atoms with Gasteiger partial charge in [0, 0.05) is 12.5 Å². The summed E-state index contributed by atoms with van der Waals surface area (Å²) in [6, 6.07) is 0. The Morgan fingerprint density at radius 1 is 1.20 bits per heavy atom. The van der Waals surface area contributed by atoms with E-state index in [9.17, 15) is 4.79 Å². The van der Waals surface area contributed by atoms with E-state index in [0.717, 1.165) is 32.6 Å². The van der Waals surface area contributed by atoms with Gasteiger partial charge >= 0.3 is 0 Å². The van der Waals surface area contributed by atoms with Crippen LogP contribution in [0.15, 0.2) is 0 Å². The summed E-state index contributed by atoms with van der Waals surface area (Å²) in [6.45, 7) is 4.90. The smallest absolute Gasteiger partial charge is 0.151 e. The van der Waals surface area contributed by atoms with E-state index in [4.69, 9.17) is 0 Å². The van der Waals surface area contributed by atoms with E-state index in [1.54, 1.807) is 0 Å². The average Bonchev–Trinajstić information content (AvgIpc) is 2.65. The Balaban J connectivity index is 1.76. The standard InChI is InChI=1S/C12H22N2O/c15-12(11-5-6-13-9-11)10-14-7-3-1-2-4-8-14/h11,13H,1-10H2. The second-order valence-electron chi connectivity index (χ2n) is 4.85. The first-order valence-electron chi connectivity index (χ1n) is 6.32. The van der Waals surface area contributed by atoms with Crippen LogP contribution in [-0.4, -0.2) is 43.4 Å². The predicted octanol–water partition coefficient (Wildman–Crippen LogP) is 1.04. The summed E-state index contributed by atoms with van der Waals surface area (Å²) < 4.78 is 0. The zero-order valence-electron chi connectivity index (χ0n) is 9.50. The maximum absolute atomic E-state index is 11.9. The van der Waals surface area contributed by atoms with Crippen LogP contribution in [-0.2, 0) is 4.79 Å². The van der Waals surface area contributed by atoms with Gasteiger partial charge < -0.3 is 5.32 Å². The highest BCUT2D eigenvalue weighted by molar-refractivity contribution is 5.83. The van der Waals surface area contributed by atoms with Crippen LogP contribution in [0.5, 0.6) is 0 Å². The van der Waals surface area contributed by atoms with Gasteiger partial charge in [0.15, 0.2) is 5.78 Å². The minimum absolute atomic E-state index is 0.299. The highest BCUT2D eigenvalue weighted by Crippen LogP contribution is 2.13. The van der Waals surface area contributed by atoms with Crippen LogP contribution in [0.3, 0.4) is 0 Å². The van der Waals surface area contributed by atoms with Crippen LogP contribution < -0.4 is 5.32 Å². The van der Waals surface area contributed by atoms with Gasteiger partial charge in [-0.3, -0.25) is 9.69 Å². The molecule has 2 aliphatic heterocycles. The molecule has 2 rings (SSSR count). The first kappa shape index (κ1) is 11.1. The molecular weight excluding hydrogens is 188 g/mol. The maximum Gasteiger partial charge on any atom is 0.151 e. The second kappa shape index (κ2) is 5.61. The van der Waals surface area contributed by atoms with Gasteiger partial charge in [0.25, 0.3) is 0 Å². The van der Waals surface area contributed by atoms with Crippen molar-refractivity contribution in [1.82, 2.24) is 10.2 Å². The third-order valence-corrected chi connectivity index (χ3v) is 3.59. The number of hydrogen-bond donors (Lipinski definition) is 1. The monoisotopic (exact) mass is 210 g/mol. The lowest BCUT2D eigenvalue weighted by molar-refractivity contribution is -0.123. The molecule has 0 saturated carbocycles. The lowest BCUT2D eigenvalue weighted by atomic mass is 10.0. The summed E-state index contributed by atoms with van der Waals surface area (Å²) >= 11 is 0. The summed E-state index contributed by atoms with van der Waals surface area (Å²) in [6.07, 6.45) is 6.28. The van der Waals surface area contributed by atoms with E-state index in [0.29, 0.717) is 18.2 Å². The Morgan fingerprint density at radius 3 is 2.53 bits per heavy atom. The number of ketones is 1. The Kier molecular flexibility index (Phi) is 4.15. The molecule has 3 nitrogen and oxygen atoms in total. The van der Waals surface area contributed by atoms with Gasteiger partial charge in [0.2, 0.25) is 0 Å². The molecule has 15 heavy (non-hydrogen) atoms. The first-order valence-corrected chi connectivity index (χ1v) is 6.32. The molecule has 3 heteroatoms. The Labute approximate surface area is 92.2 Å². The Hall–Kier alpha value is -0.410. The third-order valence-electron chi connectivity index (χ3n) is 3.59. The van der Waals surface area contributed by atoms with E-state index < -0.39 is 0 Å². The predicted molar refractivity (Wildman–Crippen MR) is 60.9 cm³/mol. The molecule has 0 radical (unpaired) electrons. The van der Waals surface area contributed by atoms with Crippen LogP contribution in [0.4, 0.5) is 0 Å². The van der Waals surface area contributed by atoms with Gasteiger partial charge in [-0.15, -0.1) is 0 Å². The number of likely N-dealkylation sites (tertiary alicyclic amines) is 1. The Morgan fingerprint density at radius 2 is 1.93 bits per heavy atom. The van der Waals surface area contributed by atoms with Crippen molar-refractivity contribution < 1.29 is 4.79 Å². The zero-order valence-corrected chi connectivity index (χ0v) is 9.50. The molecule has 0 aromatic rings. The van der Waals surface area contributed by atoms with E-state index in [1.807, 2.05) is 0 Å². The van der Waals surface area contributed by atoms with Crippen molar-refractivity contribution >= 4 is 5.78 Å². The molecule has 0 aromatic heterocycles. The largest absolute Gasteiger partial charge is 0.316 e. The van der Waals surface area contributed by atoms with E-state index >= 15 is 0 Å². The number of hydrogen-bond acceptors (Lipinski definition) is 3. The van der Waals surface area contributed by atoms with Crippen LogP contribution in [0.2, 0.25) is 0 Å². The second-order valence-corrected chi connectivity index (χ2v) is 4.85. The highest BCUT2D eigenvalue weighted by atomic mass is 16.1. The van der Waals surface area contributed by atoms with E-state index in [1.165, 1.54) is 25.7 Å². The number of nitrogens with one attached hydrogen (secondary N) is 1. The number of Topliss-reactive ketones (excluding diaryl/α,β-unsaturated/α-hetero) is 1. The van der Waals surface area contributed by atoms with Crippen LogP contribution in [0.1, 0.15) is 32.1 Å². The molecule has 0 spiro atoms. The molecule has 0 amide bonds. The summed E-state index contributed by atoms with van der Waals surface area (Å²) in [4.78, 5) is 14.3. The fourth-order valence-electron chi connectivity index (χ4n) is 2.57. The van der Waals surface area contributed by atoms with Gasteiger partial charge in [0.05, 0.1) is 6.54 Å². The average molecular weight is 210 g/mol. The lowest BCUT2D eigenvalue weighted by Crippen LogP contribution is -2.34. The van der Waals surface area contributed by atoms with Crippen molar-refractivity contribution in [1.29, 1.82) is 0 Å². The van der Waals surface area contributed by atoms with E-state index in [2.05, 4.69) is 10.2 Å². The van der Waals surface area contributed by atoms with E-state index in [-0.39, 0.29) is 0 Å². The van der Waals surface area contributed by atoms with Gasteiger partial charge in [-0.2, -0.15) is 0 Å². The lowest BCUT2D eigenvalue weighted by Gasteiger charge is -2.20. The topological polar surface area (TPSA) is 32.3 Å². The summed E-state index contributed by atoms with van der Waals surface area (Å²) in [5.74, 6) is 0.759. The molecule has 1 N–H and O–H groups in total. The minimum atomic E-state index is 0.299. The van der Waals surface area contributed by atoms with Crippen molar-refractivity contribution in [2.24, 2.45) is 5.92 Å². The van der Waals surface area contributed by atoms with Crippen molar-refractivity contribution in [3.63, 3.8) is 0 Å². The van der Waals surface area contributed by atoms with Crippen molar-refractivity contribution in [3.8, 4) is 0 Å². The maximum atomic E-state index is 11.9. The molecule has 0 aliphatic carbocycles. The molecule has 2 aliphatic rings. The summed E-state index contributed by atoms with van der Waals surface area (Å²) in [5, 5.41) is 3.26. The molecule has 1 atom stereocenters. The van der Waals surface area contributed by atoms with Crippen molar-refractivity contribution in [3.05, 3.63) is 0 Å². The van der Waals surface area contributed by atoms with Gasteiger partial charge in [-0.05, 0) is 38.9 Å². The zero-order chi connectivity index (χ0) is 10.5. The van der Waals surface area contributed by atoms with Crippen LogP contribution in [0, 0.1) is 5.92 Å². The Bertz CT molecular complexity index is 204. The number of carbonyl (C=O) groups excluding carboxylic acids is 1. The summed E-state index contributed by atoms with van der Waals surface area (Å²) in [7, 11) is 0. The fraction of sp³-hybridized carbons (Fsp3) is 0.917. The third kappa shape index (κ3) is 3.28. The van der Waals surface area contributed by atoms with Crippen molar-refractivity contribution in [2.45, 2.75) is 32.1 Å². The van der Waals surface area contributed by atoms with Crippen molar-refractivity contribution in [2.75, 3.05) is 32.7 Å². The molecule has 2 fully saturated rings. The molecule has 2 heterocycles. The normalized spacial score (nSPS) is 28.9. The number of rotatable bonds is 3. The molecule has 2 saturated heterocycles. The molecule has 0 bridgehead atoms. The summed E-state index contributed by atoms with van der Waals surface area (Å²) in [5.41, 5.74) is 0. The van der Waals surface area contributed by atoms with Crippen LogP contribution in [0.25, 0.3) is 0 Å². The fourth-order valence-corrected chi connectivity index (χ4v) is 2.57.